The summed E-state index contributed by atoms with van der Waals surface area (Å²) < 4.78 is 5.02. The Balaban J connectivity index is 2.53. The SMILES string of the molecule is O=CCONC1O[C@H](CO)[C@@H](O)[C@H](O)[C@H]1O. The van der Waals surface area contributed by atoms with Crippen molar-refractivity contribution in [3.8, 4) is 0 Å². The standard InChI is InChI=1S/C8H15NO7/c10-1-2-15-9-8-7(14)6(13)5(12)4(3-11)16-8/h1,4-9,11-14H,2-3H2/t4-,5-,6+,7-,8?/m1/s1. The average molecular weight is 237 g/mol. The molecule has 0 radical (unpaired) electrons. The molecule has 1 aliphatic rings. The summed E-state index contributed by atoms with van der Waals surface area (Å²) in [7, 11) is 0. The van der Waals surface area contributed by atoms with Crippen LogP contribution in [0.3, 0.4) is 0 Å². The van der Waals surface area contributed by atoms with Gasteiger partial charge in [-0.2, -0.15) is 5.48 Å². The number of rotatable bonds is 5. The fourth-order valence-electron chi connectivity index (χ4n) is 1.36. The Morgan fingerprint density at radius 2 is 1.94 bits per heavy atom. The van der Waals surface area contributed by atoms with E-state index in [9.17, 15) is 20.1 Å². The number of aliphatic hydroxyl groups excluding tert-OH is 4. The first kappa shape index (κ1) is 13.5. The summed E-state index contributed by atoms with van der Waals surface area (Å²) in [4.78, 5) is 14.6. The number of aliphatic hydroxyl groups is 4. The van der Waals surface area contributed by atoms with Gasteiger partial charge >= 0.3 is 0 Å². The molecule has 1 rings (SSSR count). The third-order valence-electron chi connectivity index (χ3n) is 2.24. The predicted octanol–water partition coefficient (Wildman–Crippen LogP) is -3.49. The van der Waals surface area contributed by atoms with Gasteiger partial charge in [-0.1, -0.05) is 0 Å². The normalized spacial score (nSPS) is 39.6. The second-order valence-corrected chi connectivity index (χ2v) is 3.35. The molecular formula is C8H15NO7. The molecule has 8 heteroatoms. The molecule has 94 valence electrons. The van der Waals surface area contributed by atoms with Crippen molar-refractivity contribution in [1.29, 1.82) is 0 Å². The van der Waals surface area contributed by atoms with Crippen molar-refractivity contribution in [2.24, 2.45) is 0 Å². The predicted molar refractivity (Wildman–Crippen MR) is 48.9 cm³/mol. The summed E-state index contributed by atoms with van der Waals surface area (Å²) in [6.07, 6.45) is -5.96. The average Bonchev–Trinajstić information content (AvgIpc) is 2.29. The quantitative estimate of drug-likeness (QED) is 0.189. The van der Waals surface area contributed by atoms with Gasteiger partial charge in [-0.3, -0.25) is 4.84 Å². The van der Waals surface area contributed by atoms with Gasteiger partial charge in [-0.15, -0.1) is 0 Å². The highest BCUT2D eigenvalue weighted by molar-refractivity contribution is 5.50. The maximum absolute atomic E-state index is 9.97. The minimum absolute atomic E-state index is 0.255. The van der Waals surface area contributed by atoms with Gasteiger partial charge < -0.3 is 30.0 Å². The monoisotopic (exact) mass is 237 g/mol. The highest BCUT2D eigenvalue weighted by Gasteiger charge is 2.43. The Labute approximate surface area is 91.4 Å². The summed E-state index contributed by atoms with van der Waals surface area (Å²) in [5.41, 5.74) is 2.20. The van der Waals surface area contributed by atoms with Crippen LogP contribution in [-0.2, 0) is 14.4 Å². The van der Waals surface area contributed by atoms with Crippen LogP contribution < -0.4 is 5.48 Å². The van der Waals surface area contributed by atoms with Crippen LogP contribution in [0, 0.1) is 0 Å². The van der Waals surface area contributed by atoms with Gasteiger partial charge in [0, 0.05) is 0 Å². The maximum Gasteiger partial charge on any atom is 0.159 e. The van der Waals surface area contributed by atoms with Gasteiger partial charge in [0.05, 0.1) is 6.61 Å². The number of aldehydes is 1. The lowest BCUT2D eigenvalue weighted by molar-refractivity contribution is -0.260. The molecule has 5 atom stereocenters. The zero-order chi connectivity index (χ0) is 12.1. The van der Waals surface area contributed by atoms with Gasteiger partial charge in [0.25, 0.3) is 0 Å². The Kier molecular flexibility index (Phi) is 5.22. The lowest BCUT2D eigenvalue weighted by atomic mass is 9.99. The summed E-state index contributed by atoms with van der Waals surface area (Å²) >= 11 is 0. The zero-order valence-corrected chi connectivity index (χ0v) is 8.39. The molecule has 0 aromatic rings. The summed E-state index contributed by atoms with van der Waals surface area (Å²) in [6.45, 7) is -0.772. The Hall–Kier alpha value is -0.610. The number of ether oxygens (including phenoxy) is 1. The number of hydroxylamine groups is 1. The van der Waals surface area contributed by atoms with Crippen LogP contribution in [-0.4, -0.2) is 70.6 Å². The molecule has 1 aliphatic heterocycles. The lowest BCUT2D eigenvalue weighted by Gasteiger charge is -2.39. The first-order valence-corrected chi connectivity index (χ1v) is 4.73. The van der Waals surface area contributed by atoms with E-state index in [-0.39, 0.29) is 6.61 Å². The highest BCUT2D eigenvalue weighted by Crippen LogP contribution is 2.19. The van der Waals surface area contributed by atoms with Gasteiger partial charge in [-0.05, 0) is 0 Å². The van der Waals surface area contributed by atoms with Gasteiger partial charge in [-0.25, -0.2) is 0 Å². The Morgan fingerprint density at radius 1 is 1.25 bits per heavy atom. The van der Waals surface area contributed by atoms with E-state index >= 15 is 0 Å². The van der Waals surface area contributed by atoms with Crippen molar-refractivity contribution in [3.63, 3.8) is 0 Å². The van der Waals surface area contributed by atoms with Crippen LogP contribution in [0.25, 0.3) is 0 Å². The maximum atomic E-state index is 9.97. The molecule has 0 bridgehead atoms. The van der Waals surface area contributed by atoms with E-state index in [1.165, 1.54) is 0 Å². The smallest absolute Gasteiger partial charge is 0.159 e. The summed E-state index contributed by atoms with van der Waals surface area (Å²) in [5, 5.41) is 37.1. The lowest BCUT2D eigenvalue weighted by Crippen LogP contribution is -2.62. The third kappa shape index (κ3) is 2.95. The van der Waals surface area contributed by atoms with E-state index in [0.717, 1.165) is 0 Å². The molecule has 5 N–H and O–H groups in total. The fourth-order valence-corrected chi connectivity index (χ4v) is 1.36. The van der Waals surface area contributed by atoms with E-state index in [1.54, 1.807) is 0 Å². The van der Waals surface area contributed by atoms with Crippen LogP contribution in [0.5, 0.6) is 0 Å². The molecule has 1 saturated heterocycles. The highest BCUT2D eigenvalue weighted by atomic mass is 16.7. The van der Waals surface area contributed by atoms with E-state index in [2.05, 4.69) is 10.3 Å². The molecule has 16 heavy (non-hydrogen) atoms. The van der Waals surface area contributed by atoms with Crippen molar-refractivity contribution in [2.75, 3.05) is 13.2 Å². The second-order valence-electron chi connectivity index (χ2n) is 3.35. The molecule has 1 unspecified atom stereocenters. The largest absolute Gasteiger partial charge is 0.394 e. The van der Waals surface area contributed by atoms with Gasteiger partial charge in [0.2, 0.25) is 0 Å². The topological polar surface area (TPSA) is 128 Å². The van der Waals surface area contributed by atoms with Crippen molar-refractivity contribution < 1.29 is 34.8 Å². The van der Waals surface area contributed by atoms with E-state index < -0.39 is 37.3 Å². The van der Waals surface area contributed by atoms with Crippen molar-refractivity contribution >= 4 is 6.29 Å². The Bertz CT molecular complexity index is 224. The molecule has 1 heterocycles. The van der Waals surface area contributed by atoms with E-state index in [1.807, 2.05) is 0 Å². The number of nitrogens with one attached hydrogen (secondary N) is 1. The van der Waals surface area contributed by atoms with E-state index in [0.29, 0.717) is 6.29 Å². The van der Waals surface area contributed by atoms with Crippen molar-refractivity contribution in [2.45, 2.75) is 30.6 Å². The van der Waals surface area contributed by atoms with Crippen LogP contribution in [0.4, 0.5) is 0 Å². The molecular weight excluding hydrogens is 222 g/mol. The number of carbonyl (C=O) groups excluding carboxylic acids is 1. The molecule has 0 spiro atoms. The number of carbonyl (C=O) groups is 1. The molecule has 8 nitrogen and oxygen atoms in total. The van der Waals surface area contributed by atoms with Crippen LogP contribution in [0.15, 0.2) is 0 Å². The first-order chi connectivity index (χ1) is 7.61. The Morgan fingerprint density at radius 3 is 2.50 bits per heavy atom. The fraction of sp³-hybridized carbons (Fsp3) is 0.875. The number of hydrogen-bond acceptors (Lipinski definition) is 8. The molecule has 0 aromatic heterocycles. The minimum atomic E-state index is -1.47. The van der Waals surface area contributed by atoms with Gasteiger partial charge in [0.1, 0.15) is 37.3 Å². The van der Waals surface area contributed by atoms with Gasteiger partial charge in [0.15, 0.2) is 6.23 Å². The molecule has 0 aliphatic carbocycles. The molecule has 0 aromatic carbocycles. The summed E-state index contributed by atoms with van der Waals surface area (Å²) in [5.74, 6) is 0. The van der Waals surface area contributed by atoms with Crippen LogP contribution in [0.2, 0.25) is 0 Å². The first-order valence-electron chi connectivity index (χ1n) is 4.73. The molecule has 0 saturated carbocycles. The third-order valence-corrected chi connectivity index (χ3v) is 2.24. The molecule has 1 fully saturated rings. The minimum Gasteiger partial charge on any atom is -0.394 e. The second kappa shape index (κ2) is 6.21. The summed E-state index contributed by atoms with van der Waals surface area (Å²) in [6, 6.07) is 0. The van der Waals surface area contributed by atoms with Crippen molar-refractivity contribution in [3.05, 3.63) is 0 Å². The van der Waals surface area contributed by atoms with E-state index in [4.69, 9.17) is 9.84 Å². The van der Waals surface area contributed by atoms with Crippen molar-refractivity contribution in [1.82, 2.24) is 5.48 Å². The van der Waals surface area contributed by atoms with Crippen LogP contribution >= 0.6 is 0 Å². The zero-order valence-electron chi connectivity index (χ0n) is 8.39. The van der Waals surface area contributed by atoms with Crippen LogP contribution in [0.1, 0.15) is 0 Å². The number of hydrogen-bond donors (Lipinski definition) is 5. The molecule has 0 amide bonds.